The molecular formula is C26H33N5O2. The van der Waals surface area contributed by atoms with Gasteiger partial charge in [-0.2, -0.15) is 0 Å². The topological polar surface area (TPSA) is 74.2 Å². The summed E-state index contributed by atoms with van der Waals surface area (Å²) in [6.45, 7) is 5.40. The Hall–Kier alpha value is -2.93. The number of nitrogens with one attached hydrogen (secondary N) is 1. The van der Waals surface area contributed by atoms with E-state index in [0.717, 1.165) is 79.0 Å². The van der Waals surface area contributed by atoms with Crippen molar-refractivity contribution < 1.29 is 4.79 Å². The molecule has 0 radical (unpaired) electrons. The van der Waals surface area contributed by atoms with Gasteiger partial charge in [0.1, 0.15) is 5.82 Å². The van der Waals surface area contributed by atoms with Crippen LogP contribution in [0.4, 0.5) is 0 Å². The first-order chi connectivity index (χ1) is 15.9. The molecule has 174 valence electrons. The van der Waals surface area contributed by atoms with Crippen molar-refractivity contribution in [3.05, 3.63) is 63.5 Å². The Morgan fingerprint density at radius 3 is 2.61 bits per heavy atom. The predicted molar refractivity (Wildman–Crippen MR) is 130 cm³/mol. The Labute approximate surface area is 194 Å². The lowest BCUT2D eigenvalue weighted by molar-refractivity contribution is 0.0706. The number of nitrogens with zero attached hydrogens (tertiary/aromatic N) is 4. The molecule has 2 aliphatic rings. The monoisotopic (exact) mass is 447 g/mol. The van der Waals surface area contributed by atoms with Crippen LogP contribution in [0.2, 0.25) is 0 Å². The SMILES string of the molecule is Cc1c(C(=O)N2CCCC(c3cc(=O)[nH]c(C4CCN(C)CC4)n3)C2)c2ccccc2n1C. The van der Waals surface area contributed by atoms with Crippen LogP contribution in [-0.4, -0.2) is 63.5 Å². The van der Waals surface area contributed by atoms with Gasteiger partial charge in [-0.1, -0.05) is 18.2 Å². The van der Waals surface area contributed by atoms with Gasteiger partial charge in [-0.05, 0) is 58.8 Å². The molecule has 0 bridgehead atoms. The van der Waals surface area contributed by atoms with Crippen molar-refractivity contribution in [3.63, 3.8) is 0 Å². The predicted octanol–water partition coefficient (Wildman–Crippen LogP) is 3.40. The van der Waals surface area contributed by atoms with E-state index < -0.39 is 0 Å². The summed E-state index contributed by atoms with van der Waals surface area (Å²) in [4.78, 5) is 38.4. The molecule has 1 atom stereocenters. The van der Waals surface area contributed by atoms with Crippen molar-refractivity contribution in [2.24, 2.45) is 7.05 Å². The van der Waals surface area contributed by atoms with Crippen LogP contribution in [0.3, 0.4) is 0 Å². The summed E-state index contributed by atoms with van der Waals surface area (Å²) in [6.07, 6.45) is 3.89. The molecule has 0 spiro atoms. The van der Waals surface area contributed by atoms with Crippen LogP contribution in [-0.2, 0) is 7.05 Å². The van der Waals surface area contributed by atoms with E-state index >= 15 is 0 Å². The van der Waals surface area contributed by atoms with Crippen molar-refractivity contribution in [2.45, 2.75) is 44.4 Å². The maximum atomic E-state index is 13.7. The molecule has 7 heteroatoms. The summed E-state index contributed by atoms with van der Waals surface area (Å²) in [5.41, 5.74) is 3.61. The Kier molecular flexibility index (Phi) is 5.83. The number of fused-ring (bicyclic) bond motifs is 1. The van der Waals surface area contributed by atoms with Gasteiger partial charge in [-0.15, -0.1) is 0 Å². The molecule has 2 aliphatic heterocycles. The summed E-state index contributed by atoms with van der Waals surface area (Å²) in [6, 6.07) is 9.72. The zero-order chi connectivity index (χ0) is 23.1. The van der Waals surface area contributed by atoms with Crippen molar-refractivity contribution >= 4 is 16.8 Å². The summed E-state index contributed by atoms with van der Waals surface area (Å²) in [7, 11) is 4.15. The fourth-order valence-electron chi connectivity index (χ4n) is 5.53. The number of aromatic amines is 1. The highest BCUT2D eigenvalue weighted by atomic mass is 16.2. The second-order valence-electron chi connectivity index (χ2n) is 9.76. The summed E-state index contributed by atoms with van der Waals surface area (Å²) < 4.78 is 2.09. The van der Waals surface area contributed by atoms with Crippen LogP contribution < -0.4 is 5.56 Å². The van der Waals surface area contributed by atoms with Crippen LogP contribution in [0.15, 0.2) is 35.1 Å². The number of carbonyl (C=O) groups is 1. The zero-order valence-corrected chi connectivity index (χ0v) is 19.8. The number of aryl methyl sites for hydroxylation is 1. The van der Waals surface area contributed by atoms with Gasteiger partial charge in [0.2, 0.25) is 0 Å². The molecule has 3 aromatic rings. The number of amides is 1. The molecule has 2 aromatic heterocycles. The van der Waals surface area contributed by atoms with Crippen LogP contribution in [0.25, 0.3) is 10.9 Å². The molecule has 33 heavy (non-hydrogen) atoms. The highest BCUT2D eigenvalue weighted by molar-refractivity contribution is 6.08. The molecule has 1 N–H and O–H groups in total. The third-order valence-corrected chi connectivity index (χ3v) is 7.63. The lowest BCUT2D eigenvalue weighted by Gasteiger charge is -2.33. The van der Waals surface area contributed by atoms with Gasteiger partial charge < -0.3 is 19.4 Å². The van der Waals surface area contributed by atoms with Crippen LogP contribution in [0.5, 0.6) is 0 Å². The molecular weight excluding hydrogens is 414 g/mol. The van der Waals surface area contributed by atoms with E-state index in [1.165, 1.54) is 0 Å². The van der Waals surface area contributed by atoms with E-state index in [0.29, 0.717) is 12.5 Å². The van der Waals surface area contributed by atoms with Gasteiger partial charge in [0.15, 0.2) is 0 Å². The molecule has 1 amide bonds. The average Bonchev–Trinajstić information content (AvgIpc) is 3.09. The molecule has 2 saturated heterocycles. The number of likely N-dealkylation sites (tertiary alicyclic amines) is 2. The number of para-hydroxylation sites is 1. The van der Waals surface area contributed by atoms with Crippen molar-refractivity contribution in [3.8, 4) is 0 Å². The standard InChI is InChI=1S/C26H33N5O2/c1-17-24(20-8-4-5-9-22(20)30(17)3)26(33)31-12-6-7-19(16-31)21-15-23(32)28-25(27-21)18-10-13-29(2)14-11-18/h4-5,8-9,15,18-19H,6-7,10-14,16H2,1-3H3,(H,27,28,32). The van der Waals surface area contributed by atoms with E-state index in [1.807, 2.05) is 37.1 Å². The van der Waals surface area contributed by atoms with E-state index in [9.17, 15) is 9.59 Å². The number of carbonyl (C=O) groups excluding carboxylic acids is 1. The van der Waals surface area contributed by atoms with Crippen LogP contribution >= 0.6 is 0 Å². The quantitative estimate of drug-likeness (QED) is 0.668. The summed E-state index contributed by atoms with van der Waals surface area (Å²) in [5.74, 6) is 1.28. The minimum atomic E-state index is -0.0812. The highest BCUT2D eigenvalue weighted by Crippen LogP contribution is 2.31. The molecule has 4 heterocycles. The minimum absolute atomic E-state index is 0.0781. The number of H-pyrrole nitrogens is 1. The van der Waals surface area contributed by atoms with Gasteiger partial charge in [-0.3, -0.25) is 9.59 Å². The van der Waals surface area contributed by atoms with E-state index in [1.54, 1.807) is 6.07 Å². The van der Waals surface area contributed by atoms with Gasteiger partial charge in [0, 0.05) is 54.6 Å². The molecule has 7 nitrogen and oxygen atoms in total. The average molecular weight is 448 g/mol. The lowest BCUT2D eigenvalue weighted by atomic mass is 9.92. The van der Waals surface area contributed by atoms with Crippen molar-refractivity contribution in [1.29, 1.82) is 0 Å². The Bertz CT molecular complexity index is 1240. The Morgan fingerprint density at radius 1 is 1.06 bits per heavy atom. The number of benzene rings is 1. The third-order valence-electron chi connectivity index (χ3n) is 7.63. The van der Waals surface area contributed by atoms with Gasteiger partial charge >= 0.3 is 0 Å². The normalized spacial score (nSPS) is 20.5. The van der Waals surface area contributed by atoms with E-state index in [4.69, 9.17) is 4.98 Å². The zero-order valence-electron chi connectivity index (χ0n) is 19.8. The smallest absolute Gasteiger partial charge is 0.256 e. The number of rotatable bonds is 3. The summed E-state index contributed by atoms with van der Waals surface area (Å²) >= 11 is 0. The number of aromatic nitrogens is 3. The Morgan fingerprint density at radius 2 is 1.82 bits per heavy atom. The minimum Gasteiger partial charge on any atom is -0.347 e. The highest BCUT2D eigenvalue weighted by Gasteiger charge is 2.30. The van der Waals surface area contributed by atoms with E-state index in [-0.39, 0.29) is 17.4 Å². The van der Waals surface area contributed by atoms with Crippen molar-refractivity contribution in [1.82, 2.24) is 24.3 Å². The number of hydrogen-bond donors (Lipinski definition) is 1. The fourth-order valence-corrected chi connectivity index (χ4v) is 5.53. The van der Waals surface area contributed by atoms with Crippen LogP contribution in [0.1, 0.15) is 65.1 Å². The fraction of sp³-hybridized carbons (Fsp3) is 0.500. The summed E-state index contributed by atoms with van der Waals surface area (Å²) in [5, 5.41) is 1.00. The lowest BCUT2D eigenvalue weighted by Crippen LogP contribution is -2.40. The largest absolute Gasteiger partial charge is 0.347 e. The maximum absolute atomic E-state index is 13.7. The number of hydrogen-bond acceptors (Lipinski definition) is 4. The first-order valence-electron chi connectivity index (χ1n) is 12.1. The molecule has 0 saturated carbocycles. The molecule has 0 aliphatic carbocycles. The van der Waals surface area contributed by atoms with Crippen molar-refractivity contribution in [2.75, 3.05) is 33.2 Å². The van der Waals surface area contributed by atoms with Gasteiger partial charge in [-0.25, -0.2) is 4.98 Å². The second kappa shape index (κ2) is 8.78. The second-order valence-corrected chi connectivity index (χ2v) is 9.76. The van der Waals surface area contributed by atoms with Crippen LogP contribution in [0, 0.1) is 6.92 Å². The molecule has 1 unspecified atom stereocenters. The van der Waals surface area contributed by atoms with Gasteiger partial charge in [0.25, 0.3) is 11.5 Å². The molecule has 2 fully saturated rings. The maximum Gasteiger partial charge on any atom is 0.256 e. The molecule has 5 rings (SSSR count). The Balaban J connectivity index is 1.40. The first-order valence-corrected chi connectivity index (χ1v) is 12.1. The third kappa shape index (κ3) is 4.10. The first kappa shape index (κ1) is 21.9. The van der Waals surface area contributed by atoms with Gasteiger partial charge in [0.05, 0.1) is 11.3 Å². The number of piperidine rings is 2. The molecule has 1 aromatic carbocycles. The van der Waals surface area contributed by atoms with E-state index in [2.05, 4.69) is 27.6 Å².